The van der Waals surface area contributed by atoms with Crippen LogP contribution in [0, 0.1) is 20.8 Å². The summed E-state index contributed by atoms with van der Waals surface area (Å²) < 4.78 is 1.85. The molecule has 0 aliphatic carbocycles. The molecule has 1 fully saturated rings. The fourth-order valence-electron chi connectivity index (χ4n) is 3.52. The van der Waals surface area contributed by atoms with Crippen molar-refractivity contribution in [2.45, 2.75) is 47.0 Å². The van der Waals surface area contributed by atoms with Gasteiger partial charge in [-0.25, -0.2) is 9.97 Å². The summed E-state index contributed by atoms with van der Waals surface area (Å²) in [7, 11) is 1.92. The maximum absolute atomic E-state index is 12.8. The minimum Gasteiger partial charge on any atom is -0.353 e. The van der Waals surface area contributed by atoms with Crippen LogP contribution in [0.15, 0.2) is 6.07 Å². The molecule has 0 N–H and O–H groups in total. The molecule has 0 saturated carbocycles. The first-order chi connectivity index (χ1) is 12.8. The number of amides is 1. The van der Waals surface area contributed by atoms with Crippen molar-refractivity contribution in [3.63, 3.8) is 0 Å². The maximum atomic E-state index is 12.8. The van der Waals surface area contributed by atoms with Crippen LogP contribution >= 0.6 is 0 Å². The number of carbonyl (C=O) groups excluding carboxylic acids is 1. The Hall–Kier alpha value is -2.44. The number of aryl methyl sites for hydroxylation is 3. The van der Waals surface area contributed by atoms with Crippen LogP contribution in [0.2, 0.25) is 0 Å². The third-order valence-electron chi connectivity index (χ3n) is 5.32. The SMILES string of the molecule is Cc1cc(N2CCN(C(=O)Cc3c(C)nn(C)c3C)CC2)nc(C(C)C)n1. The molecule has 0 bridgehead atoms. The molecule has 0 aromatic carbocycles. The lowest BCUT2D eigenvalue weighted by Crippen LogP contribution is -2.49. The highest BCUT2D eigenvalue weighted by atomic mass is 16.2. The highest BCUT2D eigenvalue weighted by Crippen LogP contribution is 2.20. The molecule has 2 aromatic rings. The van der Waals surface area contributed by atoms with E-state index < -0.39 is 0 Å². The molecule has 3 rings (SSSR count). The molecule has 7 nitrogen and oxygen atoms in total. The smallest absolute Gasteiger partial charge is 0.227 e. The topological polar surface area (TPSA) is 67.2 Å². The van der Waals surface area contributed by atoms with Crippen LogP contribution in [-0.2, 0) is 18.3 Å². The van der Waals surface area contributed by atoms with Gasteiger partial charge in [0.1, 0.15) is 11.6 Å². The molecule has 7 heteroatoms. The standard InChI is InChI=1S/C20H30N6O/c1-13(2)20-21-14(3)11-18(22-20)25-7-9-26(10-8-25)19(27)12-17-15(4)23-24(6)16(17)5/h11,13H,7-10,12H2,1-6H3. The highest BCUT2D eigenvalue weighted by Gasteiger charge is 2.24. The second-order valence-corrected chi connectivity index (χ2v) is 7.70. The van der Waals surface area contributed by atoms with E-state index in [9.17, 15) is 4.79 Å². The van der Waals surface area contributed by atoms with Crippen molar-refractivity contribution in [1.29, 1.82) is 0 Å². The molecule has 1 saturated heterocycles. The van der Waals surface area contributed by atoms with Crippen molar-refractivity contribution in [2.75, 3.05) is 31.1 Å². The van der Waals surface area contributed by atoms with Crippen LogP contribution in [0.1, 0.15) is 48.2 Å². The van der Waals surface area contributed by atoms with E-state index in [-0.39, 0.29) is 5.91 Å². The monoisotopic (exact) mass is 370 g/mol. The Morgan fingerprint density at radius 2 is 1.78 bits per heavy atom. The Kier molecular flexibility index (Phi) is 5.48. The van der Waals surface area contributed by atoms with Crippen molar-refractivity contribution in [2.24, 2.45) is 7.05 Å². The summed E-state index contributed by atoms with van der Waals surface area (Å²) in [6.45, 7) is 13.2. The van der Waals surface area contributed by atoms with E-state index in [0.717, 1.165) is 60.5 Å². The van der Waals surface area contributed by atoms with Crippen molar-refractivity contribution >= 4 is 11.7 Å². The number of rotatable bonds is 4. The normalized spacial score (nSPS) is 14.9. The number of hydrogen-bond donors (Lipinski definition) is 0. The second kappa shape index (κ2) is 7.66. The highest BCUT2D eigenvalue weighted by molar-refractivity contribution is 5.79. The van der Waals surface area contributed by atoms with Crippen molar-refractivity contribution in [3.05, 3.63) is 34.5 Å². The lowest BCUT2D eigenvalue weighted by Gasteiger charge is -2.35. The summed E-state index contributed by atoms with van der Waals surface area (Å²) in [5, 5.41) is 4.41. The van der Waals surface area contributed by atoms with Crippen LogP contribution in [-0.4, -0.2) is 56.7 Å². The molecule has 0 unspecified atom stereocenters. The number of nitrogens with zero attached hydrogens (tertiary/aromatic N) is 6. The predicted molar refractivity (Wildman–Crippen MR) is 106 cm³/mol. The van der Waals surface area contributed by atoms with Gasteiger partial charge in [-0.1, -0.05) is 13.8 Å². The zero-order chi connectivity index (χ0) is 19.7. The average Bonchev–Trinajstić information content (AvgIpc) is 2.87. The number of aromatic nitrogens is 4. The van der Waals surface area contributed by atoms with E-state index in [1.165, 1.54) is 0 Å². The van der Waals surface area contributed by atoms with Crippen LogP contribution in [0.4, 0.5) is 5.82 Å². The first-order valence-electron chi connectivity index (χ1n) is 9.63. The average molecular weight is 371 g/mol. The Morgan fingerprint density at radius 1 is 1.11 bits per heavy atom. The van der Waals surface area contributed by atoms with Gasteiger partial charge in [-0.2, -0.15) is 5.10 Å². The second-order valence-electron chi connectivity index (χ2n) is 7.70. The van der Waals surface area contributed by atoms with Gasteiger partial charge in [-0.15, -0.1) is 0 Å². The minimum absolute atomic E-state index is 0.176. The first kappa shape index (κ1) is 19.3. The zero-order valence-electron chi connectivity index (χ0n) is 17.3. The fourth-order valence-corrected chi connectivity index (χ4v) is 3.52. The molecule has 3 heterocycles. The van der Waals surface area contributed by atoms with Gasteiger partial charge >= 0.3 is 0 Å². The summed E-state index contributed by atoms with van der Waals surface area (Å²) >= 11 is 0. The van der Waals surface area contributed by atoms with Gasteiger partial charge in [-0.05, 0) is 20.8 Å². The summed E-state index contributed by atoms with van der Waals surface area (Å²) in [5.74, 6) is 2.33. The predicted octanol–water partition coefficient (Wildman–Crippen LogP) is 2.15. The Morgan fingerprint density at radius 3 is 2.33 bits per heavy atom. The van der Waals surface area contributed by atoms with Crippen molar-refractivity contribution < 1.29 is 4.79 Å². The van der Waals surface area contributed by atoms with Crippen molar-refractivity contribution in [3.8, 4) is 0 Å². The van der Waals surface area contributed by atoms with Gasteiger partial charge in [0, 0.05) is 62.2 Å². The van der Waals surface area contributed by atoms with Crippen LogP contribution in [0.25, 0.3) is 0 Å². The summed E-state index contributed by atoms with van der Waals surface area (Å²) in [5.41, 5.74) is 4.06. The van der Waals surface area contributed by atoms with E-state index >= 15 is 0 Å². The number of anilines is 1. The van der Waals surface area contributed by atoms with Crippen LogP contribution < -0.4 is 4.90 Å². The molecule has 1 amide bonds. The summed E-state index contributed by atoms with van der Waals surface area (Å²) in [4.78, 5) is 26.2. The molecular formula is C20H30N6O. The summed E-state index contributed by atoms with van der Waals surface area (Å²) in [6, 6.07) is 2.03. The first-order valence-corrected chi connectivity index (χ1v) is 9.63. The van der Waals surface area contributed by atoms with E-state index in [2.05, 4.69) is 28.8 Å². The molecule has 146 valence electrons. The Balaban J connectivity index is 1.64. The van der Waals surface area contributed by atoms with Crippen LogP contribution in [0.3, 0.4) is 0 Å². The summed E-state index contributed by atoms with van der Waals surface area (Å²) in [6.07, 6.45) is 0.426. The van der Waals surface area contributed by atoms with Gasteiger partial charge in [0.25, 0.3) is 0 Å². The van der Waals surface area contributed by atoms with Crippen LogP contribution in [0.5, 0.6) is 0 Å². The molecule has 1 aliphatic rings. The van der Waals surface area contributed by atoms with Gasteiger partial charge in [0.05, 0.1) is 12.1 Å². The third-order valence-corrected chi connectivity index (χ3v) is 5.32. The molecule has 0 spiro atoms. The molecular weight excluding hydrogens is 340 g/mol. The molecule has 2 aromatic heterocycles. The minimum atomic E-state index is 0.176. The molecule has 27 heavy (non-hydrogen) atoms. The number of hydrogen-bond acceptors (Lipinski definition) is 5. The fraction of sp³-hybridized carbons (Fsp3) is 0.600. The molecule has 0 radical (unpaired) electrons. The van der Waals surface area contributed by atoms with Crippen molar-refractivity contribution in [1.82, 2.24) is 24.6 Å². The lowest BCUT2D eigenvalue weighted by molar-refractivity contribution is -0.130. The Bertz CT molecular complexity index is 833. The largest absolute Gasteiger partial charge is 0.353 e. The van der Waals surface area contributed by atoms with E-state index in [4.69, 9.17) is 4.98 Å². The van der Waals surface area contributed by atoms with Gasteiger partial charge in [0.2, 0.25) is 5.91 Å². The van der Waals surface area contributed by atoms with E-state index in [1.54, 1.807) is 0 Å². The number of piperazine rings is 1. The third kappa shape index (κ3) is 4.12. The quantitative estimate of drug-likeness (QED) is 0.825. The van der Waals surface area contributed by atoms with E-state index in [0.29, 0.717) is 12.3 Å². The number of carbonyl (C=O) groups is 1. The van der Waals surface area contributed by atoms with Gasteiger partial charge in [0.15, 0.2) is 0 Å². The zero-order valence-corrected chi connectivity index (χ0v) is 17.3. The lowest BCUT2D eigenvalue weighted by atomic mass is 10.1. The Labute approximate surface area is 161 Å². The van der Waals surface area contributed by atoms with Gasteiger partial charge in [-0.3, -0.25) is 9.48 Å². The molecule has 0 atom stereocenters. The van der Waals surface area contributed by atoms with Gasteiger partial charge < -0.3 is 9.80 Å². The van der Waals surface area contributed by atoms with E-state index in [1.807, 2.05) is 43.5 Å². The molecule has 1 aliphatic heterocycles. The maximum Gasteiger partial charge on any atom is 0.227 e.